The Labute approximate surface area is 165 Å². The number of ether oxygens (including phenoxy) is 3. The van der Waals surface area contributed by atoms with Gasteiger partial charge in [-0.05, 0) is 11.1 Å². The van der Waals surface area contributed by atoms with Crippen molar-refractivity contribution < 1.29 is 37.4 Å². The van der Waals surface area contributed by atoms with E-state index in [1.54, 1.807) is 60.7 Å². The molecule has 0 aromatic heterocycles. The topological polar surface area (TPSA) is 78.9 Å². The molecule has 2 atom stereocenters. The molecule has 0 spiro atoms. The Kier molecular flexibility index (Phi) is 6.21. The lowest BCUT2D eigenvalue weighted by Crippen LogP contribution is -2.43. The molecule has 1 aliphatic heterocycles. The first-order valence-corrected chi connectivity index (χ1v) is 8.88. The number of benzene rings is 2. The predicted molar refractivity (Wildman–Crippen MR) is 96.0 cm³/mol. The highest BCUT2D eigenvalue weighted by Crippen LogP contribution is 2.34. The molecule has 0 amide bonds. The molecule has 3 rings (SSSR count). The molecule has 0 aliphatic carbocycles. The van der Waals surface area contributed by atoms with Gasteiger partial charge in [-0.1, -0.05) is 60.7 Å². The molecule has 1 aliphatic rings. The van der Waals surface area contributed by atoms with Crippen molar-refractivity contribution in [1.82, 2.24) is 0 Å². The van der Waals surface area contributed by atoms with Crippen LogP contribution in [0.1, 0.15) is 11.1 Å². The molecule has 0 saturated carbocycles. The Hall–Kier alpha value is -3.29. The van der Waals surface area contributed by atoms with Gasteiger partial charge in [0, 0.05) is 0 Å². The largest absolute Gasteiger partial charge is 0.461 e. The third-order valence-electron chi connectivity index (χ3n) is 4.28. The lowest BCUT2D eigenvalue weighted by molar-refractivity contribution is -0.173. The highest BCUT2D eigenvalue weighted by Gasteiger charge is 2.62. The highest BCUT2D eigenvalue weighted by atomic mass is 19.3. The summed E-state index contributed by atoms with van der Waals surface area (Å²) in [7, 11) is 0. The maximum atomic E-state index is 14.1. The molecule has 1 fully saturated rings. The zero-order chi connectivity index (χ0) is 20.9. The Balaban J connectivity index is 1.60. The van der Waals surface area contributed by atoms with Gasteiger partial charge in [-0.25, -0.2) is 4.79 Å². The van der Waals surface area contributed by atoms with Crippen molar-refractivity contribution in [2.24, 2.45) is 0 Å². The minimum atomic E-state index is -4.02. The molecular formula is C21H18F2O6. The summed E-state index contributed by atoms with van der Waals surface area (Å²) in [6.07, 6.45) is -4.08. The van der Waals surface area contributed by atoms with Crippen LogP contribution in [0.5, 0.6) is 0 Å². The summed E-state index contributed by atoms with van der Waals surface area (Å²) in [6, 6.07) is 17.1. The molecule has 0 N–H and O–H groups in total. The third kappa shape index (κ3) is 5.16. The molecule has 0 unspecified atom stereocenters. The van der Waals surface area contributed by atoms with Gasteiger partial charge in [-0.3, -0.25) is 9.59 Å². The average Bonchev–Trinajstić information content (AvgIpc) is 2.91. The third-order valence-corrected chi connectivity index (χ3v) is 4.28. The number of hydrogen-bond acceptors (Lipinski definition) is 6. The van der Waals surface area contributed by atoms with Crippen LogP contribution in [0.15, 0.2) is 60.7 Å². The number of halogens is 2. The molecule has 1 heterocycles. The molecular weight excluding hydrogens is 386 g/mol. The van der Waals surface area contributed by atoms with Gasteiger partial charge in [0.1, 0.15) is 6.61 Å². The van der Waals surface area contributed by atoms with E-state index in [-0.39, 0.29) is 12.8 Å². The van der Waals surface area contributed by atoms with Crippen molar-refractivity contribution in [2.45, 2.75) is 31.0 Å². The second kappa shape index (κ2) is 8.81. The second-order valence-corrected chi connectivity index (χ2v) is 6.48. The highest BCUT2D eigenvalue weighted by molar-refractivity contribution is 5.82. The number of alkyl halides is 2. The number of carbonyl (C=O) groups is 3. The lowest BCUT2D eigenvalue weighted by Gasteiger charge is -2.20. The summed E-state index contributed by atoms with van der Waals surface area (Å²) in [4.78, 5) is 35.5. The van der Waals surface area contributed by atoms with Gasteiger partial charge in [0.2, 0.25) is 6.10 Å². The Morgan fingerprint density at radius 2 is 1.41 bits per heavy atom. The second-order valence-electron chi connectivity index (χ2n) is 6.48. The minimum Gasteiger partial charge on any atom is -0.461 e. The van der Waals surface area contributed by atoms with E-state index in [0.717, 1.165) is 0 Å². The SMILES string of the molecule is O=C(Cc1ccccc1)OC[C@H]1OC(=O)C(F)(F)[C@@H]1OC(=O)Cc1ccccc1. The number of esters is 3. The number of hydrogen-bond donors (Lipinski definition) is 0. The van der Waals surface area contributed by atoms with E-state index in [0.29, 0.717) is 11.1 Å². The van der Waals surface area contributed by atoms with Gasteiger partial charge < -0.3 is 14.2 Å². The van der Waals surface area contributed by atoms with Gasteiger partial charge >= 0.3 is 23.8 Å². The average molecular weight is 404 g/mol. The molecule has 2 aromatic carbocycles. The normalized spacial score (nSPS) is 20.0. The Bertz CT molecular complexity index is 869. The van der Waals surface area contributed by atoms with Crippen LogP contribution in [0, 0.1) is 0 Å². The van der Waals surface area contributed by atoms with Gasteiger partial charge in [-0.2, -0.15) is 8.78 Å². The number of rotatable bonds is 7. The molecule has 8 heteroatoms. The fourth-order valence-electron chi connectivity index (χ4n) is 2.83. The Morgan fingerprint density at radius 1 is 0.897 bits per heavy atom. The van der Waals surface area contributed by atoms with Crippen LogP contribution in [0.3, 0.4) is 0 Å². The standard InChI is InChI=1S/C21H18F2O6/c22-21(23)19(29-18(25)12-15-9-5-2-6-10-15)16(28-20(21)26)13-27-17(24)11-14-7-3-1-4-8-14/h1-10,16,19H,11-13H2/t16-,19-/m1/s1. The molecule has 6 nitrogen and oxygen atoms in total. The monoisotopic (exact) mass is 404 g/mol. The van der Waals surface area contributed by atoms with Gasteiger partial charge in [0.15, 0.2) is 6.10 Å². The van der Waals surface area contributed by atoms with Crippen LogP contribution in [0.2, 0.25) is 0 Å². The molecule has 29 heavy (non-hydrogen) atoms. The van der Waals surface area contributed by atoms with Crippen LogP contribution in [0.4, 0.5) is 8.78 Å². The van der Waals surface area contributed by atoms with Crippen molar-refractivity contribution in [2.75, 3.05) is 6.61 Å². The van der Waals surface area contributed by atoms with E-state index in [2.05, 4.69) is 4.74 Å². The smallest absolute Gasteiger partial charge is 0.382 e. The van der Waals surface area contributed by atoms with Crippen molar-refractivity contribution in [3.8, 4) is 0 Å². The first-order chi connectivity index (χ1) is 13.9. The van der Waals surface area contributed by atoms with Crippen LogP contribution < -0.4 is 0 Å². The van der Waals surface area contributed by atoms with E-state index >= 15 is 0 Å². The molecule has 1 saturated heterocycles. The Morgan fingerprint density at radius 3 is 1.97 bits per heavy atom. The summed E-state index contributed by atoms with van der Waals surface area (Å²) < 4.78 is 42.7. The quantitative estimate of drug-likeness (QED) is 0.521. The maximum absolute atomic E-state index is 14.1. The van der Waals surface area contributed by atoms with E-state index in [1.165, 1.54) is 0 Å². The van der Waals surface area contributed by atoms with Crippen molar-refractivity contribution >= 4 is 17.9 Å². The molecule has 0 bridgehead atoms. The lowest BCUT2D eigenvalue weighted by atomic mass is 10.1. The van der Waals surface area contributed by atoms with E-state index in [1.807, 2.05) is 0 Å². The van der Waals surface area contributed by atoms with E-state index in [9.17, 15) is 23.2 Å². The number of carbonyl (C=O) groups excluding carboxylic acids is 3. The summed E-state index contributed by atoms with van der Waals surface area (Å²) >= 11 is 0. The van der Waals surface area contributed by atoms with E-state index < -0.39 is 42.6 Å². The van der Waals surface area contributed by atoms with Crippen LogP contribution >= 0.6 is 0 Å². The zero-order valence-corrected chi connectivity index (χ0v) is 15.3. The first-order valence-electron chi connectivity index (χ1n) is 8.88. The maximum Gasteiger partial charge on any atom is 0.382 e. The fourth-order valence-corrected chi connectivity index (χ4v) is 2.83. The van der Waals surface area contributed by atoms with Crippen molar-refractivity contribution in [3.63, 3.8) is 0 Å². The zero-order valence-electron chi connectivity index (χ0n) is 15.3. The summed E-state index contributed by atoms with van der Waals surface area (Å²) in [6.45, 7) is -0.643. The van der Waals surface area contributed by atoms with Crippen LogP contribution in [-0.4, -0.2) is 42.6 Å². The van der Waals surface area contributed by atoms with Crippen LogP contribution in [-0.2, 0) is 41.4 Å². The van der Waals surface area contributed by atoms with E-state index in [4.69, 9.17) is 9.47 Å². The molecule has 152 valence electrons. The van der Waals surface area contributed by atoms with Crippen LogP contribution in [0.25, 0.3) is 0 Å². The predicted octanol–water partition coefficient (Wildman–Crippen LogP) is 2.49. The van der Waals surface area contributed by atoms with Gasteiger partial charge in [0.25, 0.3) is 0 Å². The van der Waals surface area contributed by atoms with Crippen molar-refractivity contribution in [1.29, 1.82) is 0 Å². The summed E-state index contributed by atoms with van der Waals surface area (Å²) in [5.41, 5.74) is 1.24. The number of cyclic esters (lactones) is 1. The molecule has 2 aromatic rings. The summed E-state index contributed by atoms with van der Waals surface area (Å²) in [5.74, 6) is -7.47. The van der Waals surface area contributed by atoms with Gasteiger partial charge in [-0.15, -0.1) is 0 Å². The van der Waals surface area contributed by atoms with Crippen molar-refractivity contribution in [3.05, 3.63) is 71.8 Å². The van der Waals surface area contributed by atoms with Gasteiger partial charge in [0.05, 0.1) is 12.8 Å². The first kappa shape index (κ1) is 20.4. The minimum absolute atomic E-state index is 0.0731. The summed E-state index contributed by atoms with van der Waals surface area (Å²) in [5, 5.41) is 0. The molecule has 0 radical (unpaired) electrons. The fraction of sp³-hybridized carbons (Fsp3) is 0.286.